The quantitative estimate of drug-likeness (QED) is 0.266. The highest BCUT2D eigenvalue weighted by atomic mass is 16.7. The van der Waals surface area contributed by atoms with Crippen molar-refractivity contribution in [1.29, 1.82) is 0 Å². The second-order valence-corrected chi connectivity index (χ2v) is 17.3. The third-order valence-corrected chi connectivity index (χ3v) is 12.7. The molecular weight excluding hydrogens is 688 g/mol. The number of ether oxygens (including phenoxy) is 7. The van der Waals surface area contributed by atoms with E-state index < -0.39 is 95.8 Å². The van der Waals surface area contributed by atoms with E-state index in [-0.39, 0.29) is 31.0 Å². The molecule has 0 aromatic rings. The van der Waals surface area contributed by atoms with Crippen molar-refractivity contribution in [3.63, 3.8) is 0 Å². The van der Waals surface area contributed by atoms with Gasteiger partial charge in [0, 0.05) is 45.2 Å². The van der Waals surface area contributed by atoms with Crippen LogP contribution in [-0.4, -0.2) is 168 Å². The van der Waals surface area contributed by atoms with Crippen LogP contribution in [0, 0.1) is 17.8 Å². The normalized spacial score (nSPS) is 48.9. The van der Waals surface area contributed by atoms with Crippen LogP contribution in [0.25, 0.3) is 0 Å². The molecule has 3 aliphatic rings. The minimum Gasteiger partial charge on any atom is -0.459 e. The predicted molar refractivity (Wildman–Crippen MR) is 199 cm³/mol. The first-order chi connectivity index (χ1) is 24.5. The number of likely N-dealkylation sites (N-methyl/N-ethyl adjacent to an activating group) is 1. The van der Waals surface area contributed by atoms with E-state index in [1.165, 1.54) is 14.0 Å². The van der Waals surface area contributed by atoms with Crippen LogP contribution in [0.5, 0.6) is 0 Å². The zero-order valence-corrected chi connectivity index (χ0v) is 35.1. The maximum absolute atomic E-state index is 14.3. The van der Waals surface area contributed by atoms with Gasteiger partial charge in [0.15, 0.2) is 12.6 Å². The Morgan fingerprint density at radius 2 is 1.51 bits per heavy atom. The van der Waals surface area contributed by atoms with Gasteiger partial charge in [0.25, 0.3) is 0 Å². The summed E-state index contributed by atoms with van der Waals surface area (Å²) in [7, 11) is 8.94. The lowest BCUT2D eigenvalue weighted by molar-refractivity contribution is -0.319. The third kappa shape index (κ3) is 10.3. The Morgan fingerprint density at radius 3 is 2.06 bits per heavy atom. The molecule has 3 fully saturated rings. The molecular formula is C39H74N2O12. The average molecular weight is 763 g/mol. The fourth-order valence-electron chi connectivity index (χ4n) is 8.82. The van der Waals surface area contributed by atoms with Gasteiger partial charge in [-0.3, -0.25) is 4.79 Å². The Morgan fingerprint density at radius 1 is 0.906 bits per heavy atom. The van der Waals surface area contributed by atoms with Gasteiger partial charge < -0.3 is 63.4 Å². The number of carbonyl (C=O) groups excluding carboxylic acids is 1. The standard InChI is InChI=1S/C39H74N2O12/c1-16-28-39(10,46)32(43)21(2)20-41(13)22(3)18-38(9,48-15)34(53-36-30(42)27(40(11)12)17-23(4)49-36)24(5)31(25(6)35(45)51-28)52-29-19-37(8,47-14)33(44)26(7)50-29/h21-34,36,42-44,46H,16-20H2,1-15H3/t21-,22+,23+,24-,25+,26+,27+,28+,29-,30+,31-,32+,33-,34+,36-,37+,38+,39+/m0/s1. The predicted octanol–water partition coefficient (Wildman–Crippen LogP) is 2.55. The minimum atomic E-state index is -1.76. The minimum absolute atomic E-state index is 0.114. The van der Waals surface area contributed by atoms with E-state index in [0.29, 0.717) is 19.4 Å². The molecule has 0 unspecified atom stereocenters. The molecule has 0 aliphatic carbocycles. The number of methoxy groups -OCH3 is 2. The summed E-state index contributed by atoms with van der Waals surface area (Å²) in [6, 6.07) is -0.347. The van der Waals surface area contributed by atoms with Crippen molar-refractivity contribution < 1.29 is 58.4 Å². The number of nitrogens with zero attached hydrogens (tertiary/aromatic N) is 2. The Kier molecular flexibility index (Phi) is 16.2. The first kappa shape index (κ1) is 46.4. The molecule has 53 heavy (non-hydrogen) atoms. The van der Waals surface area contributed by atoms with Crippen molar-refractivity contribution in [2.45, 2.75) is 185 Å². The van der Waals surface area contributed by atoms with Gasteiger partial charge in [-0.1, -0.05) is 20.8 Å². The van der Waals surface area contributed by atoms with Crippen molar-refractivity contribution in [3.05, 3.63) is 0 Å². The topological polar surface area (TPSA) is 169 Å². The summed E-state index contributed by atoms with van der Waals surface area (Å²) >= 11 is 0. The molecule has 3 heterocycles. The van der Waals surface area contributed by atoms with E-state index in [9.17, 15) is 25.2 Å². The fraction of sp³-hybridized carbons (Fsp3) is 0.974. The molecule has 3 aliphatic heterocycles. The van der Waals surface area contributed by atoms with Gasteiger partial charge in [-0.25, -0.2) is 0 Å². The van der Waals surface area contributed by atoms with E-state index in [1.807, 2.05) is 53.7 Å². The molecule has 0 amide bonds. The summed E-state index contributed by atoms with van der Waals surface area (Å²) in [5.74, 6) is -2.61. The van der Waals surface area contributed by atoms with Crippen molar-refractivity contribution in [2.24, 2.45) is 17.8 Å². The number of cyclic esters (lactones) is 1. The van der Waals surface area contributed by atoms with Crippen molar-refractivity contribution in [1.82, 2.24) is 9.80 Å². The van der Waals surface area contributed by atoms with Crippen LogP contribution >= 0.6 is 0 Å². The second kappa shape index (κ2) is 18.5. The molecule has 312 valence electrons. The van der Waals surface area contributed by atoms with Gasteiger partial charge in [-0.15, -0.1) is 0 Å². The highest BCUT2D eigenvalue weighted by Crippen LogP contribution is 2.41. The van der Waals surface area contributed by atoms with E-state index in [1.54, 1.807) is 34.8 Å². The lowest BCUT2D eigenvalue weighted by Crippen LogP contribution is -2.61. The number of rotatable bonds is 8. The van der Waals surface area contributed by atoms with Crippen LogP contribution in [0.2, 0.25) is 0 Å². The molecule has 14 heteroatoms. The van der Waals surface area contributed by atoms with Gasteiger partial charge in [-0.05, 0) is 94.8 Å². The van der Waals surface area contributed by atoms with Crippen LogP contribution < -0.4 is 0 Å². The molecule has 0 saturated carbocycles. The van der Waals surface area contributed by atoms with Crippen LogP contribution in [0.1, 0.15) is 94.9 Å². The molecule has 18 atom stereocenters. The zero-order chi connectivity index (χ0) is 40.4. The second-order valence-electron chi connectivity index (χ2n) is 17.3. The van der Waals surface area contributed by atoms with Crippen LogP contribution in [0.15, 0.2) is 0 Å². The summed E-state index contributed by atoms with van der Waals surface area (Å²) < 4.78 is 44.5. The van der Waals surface area contributed by atoms with E-state index in [2.05, 4.69) is 11.8 Å². The molecule has 0 radical (unpaired) electrons. The van der Waals surface area contributed by atoms with Gasteiger partial charge >= 0.3 is 5.97 Å². The zero-order valence-electron chi connectivity index (χ0n) is 35.1. The third-order valence-electron chi connectivity index (χ3n) is 12.7. The monoisotopic (exact) mass is 763 g/mol. The van der Waals surface area contributed by atoms with Gasteiger partial charge in [0.05, 0.1) is 47.6 Å². The van der Waals surface area contributed by atoms with E-state index >= 15 is 0 Å². The molecule has 0 bridgehead atoms. The van der Waals surface area contributed by atoms with Gasteiger partial charge in [0.1, 0.15) is 23.9 Å². The Hall–Kier alpha value is -1.01. The molecule has 3 saturated heterocycles. The Balaban J connectivity index is 2.22. The lowest BCUT2D eigenvalue weighted by atomic mass is 9.78. The Bertz CT molecular complexity index is 1160. The van der Waals surface area contributed by atoms with Crippen LogP contribution in [0.4, 0.5) is 0 Å². The van der Waals surface area contributed by atoms with Crippen molar-refractivity contribution >= 4 is 5.97 Å². The molecule has 14 nitrogen and oxygen atoms in total. The fourth-order valence-corrected chi connectivity index (χ4v) is 8.82. The maximum Gasteiger partial charge on any atom is 0.311 e. The summed E-state index contributed by atoms with van der Waals surface area (Å²) in [5, 5.41) is 45.9. The first-order valence-corrected chi connectivity index (χ1v) is 19.5. The highest BCUT2D eigenvalue weighted by molar-refractivity contribution is 5.73. The Labute approximate surface area is 318 Å². The largest absolute Gasteiger partial charge is 0.459 e. The van der Waals surface area contributed by atoms with E-state index in [4.69, 9.17) is 33.2 Å². The summed E-state index contributed by atoms with van der Waals surface area (Å²) in [5.41, 5.74) is -3.79. The molecule has 3 rings (SSSR count). The number of hydrogen-bond donors (Lipinski definition) is 4. The number of aliphatic hydroxyl groups is 4. The van der Waals surface area contributed by atoms with Gasteiger partial charge in [0.2, 0.25) is 0 Å². The van der Waals surface area contributed by atoms with Crippen molar-refractivity contribution in [2.75, 3.05) is 41.9 Å². The number of esters is 1. The smallest absolute Gasteiger partial charge is 0.311 e. The molecule has 0 spiro atoms. The van der Waals surface area contributed by atoms with E-state index in [0.717, 1.165) is 0 Å². The number of aliphatic hydroxyl groups excluding tert-OH is 3. The molecule has 4 N–H and O–H groups in total. The van der Waals surface area contributed by atoms with Crippen molar-refractivity contribution in [3.8, 4) is 0 Å². The number of hydrogen-bond acceptors (Lipinski definition) is 14. The summed E-state index contributed by atoms with van der Waals surface area (Å²) in [6.07, 6.45) is -7.23. The average Bonchev–Trinajstić information content (AvgIpc) is 3.09. The maximum atomic E-state index is 14.3. The van der Waals surface area contributed by atoms with Crippen LogP contribution in [-0.2, 0) is 38.0 Å². The lowest BCUT2D eigenvalue weighted by Gasteiger charge is -2.49. The molecule has 0 aromatic heterocycles. The summed E-state index contributed by atoms with van der Waals surface area (Å²) in [6.45, 7) is 18.7. The molecule has 0 aromatic carbocycles. The van der Waals surface area contributed by atoms with Crippen LogP contribution in [0.3, 0.4) is 0 Å². The highest BCUT2D eigenvalue weighted by Gasteiger charge is 2.53. The van der Waals surface area contributed by atoms with Gasteiger partial charge in [-0.2, -0.15) is 0 Å². The summed E-state index contributed by atoms with van der Waals surface area (Å²) in [4.78, 5) is 18.4. The SMILES string of the molecule is CC[C@H]1OC(=O)[C@H](C)[C@@H](O[C@H]2C[C@@](C)(OC)[C@@H](O)[C@@H](C)O2)[C@H](C)[C@@H](O[C@@H]2O[C@H](C)C[C@@H](N(C)C)[C@H]2O)[C@](C)(OC)C[C@@H](C)N(C)C[C@H](C)[C@@H](O)[C@]1(C)O. The number of carbonyl (C=O) groups is 1. The first-order valence-electron chi connectivity index (χ1n) is 19.5.